The Balaban J connectivity index is 1.84. The summed E-state index contributed by atoms with van der Waals surface area (Å²) in [5, 5.41) is 1.44. The molecule has 21 heavy (non-hydrogen) atoms. The van der Waals surface area contributed by atoms with Gasteiger partial charge in [-0.15, -0.1) is 0 Å². The molecule has 1 aromatic carbocycles. The van der Waals surface area contributed by atoms with E-state index in [1.165, 1.54) is 12.8 Å². The Kier molecular flexibility index (Phi) is 4.86. The van der Waals surface area contributed by atoms with Gasteiger partial charge in [-0.25, -0.2) is 4.99 Å². The van der Waals surface area contributed by atoms with Crippen molar-refractivity contribution >= 4 is 40.1 Å². The Morgan fingerprint density at radius 1 is 1.24 bits per heavy atom. The zero-order valence-corrected chi connectivity index (χ0v) is 13.5. The molecule has 0 atom stereocenters. The van der Waals surface area contributed by atoms with E-state index in [1.807, 2.05) is 29.2 Å². The highest BCUT2D eigenvalue weighted by molar-refractivity contribution is 8.13. The maximum absolute atomic E-state index is 12.7. The molecule has 0 spiro atoms. The third-order valence-corrected chi connectivity index (χ3v) is 5.41. The maximum atomic E-state index is 12.7. The molecule has 112 valence electrons. The van der Waals surface area contributed by atoms with Crippen LogP contribution in [0.2, 0.25) is 5.02 Å². The second-order valence-electron chi connectivity index (χ2n) is 5.52. The van der Waals surface area contributed by atoms with Crippen LogP contribution in [0.25, 0.3) is 0 Å². The molecule has 3 rings (SSSR count). The number of nitrogens with zero attached hydrogens (tertiary/aromatic N) is 2. The summed E-state index contributed by atoms with van der Waals surface area (Å²) in [6.07, 6.45) is 5.44. The molecule has 0 unspecified atom stereocenters. The van der Waals surface area contributed by atoms with Crippen LogP contribution in [0.5, 0.6) is 0 Å². The Morgan fingerprint density at radius 2 is 2.00 bits per heavy atom. The fourth-order valence-corrected chi connectivity index (χ4v) is 4.03. The molecule has 0 aromatic heterocycles. The molecule has 1 saturated carbocycles. The summed E-state index contributed by atoms with van der Waals surface area (Å²) < 4.78 is 0. The van der Waals surface area contributed by atoms with Crippen LogP contribution in [-0.4, -0.2) is 28.3 Å². The Labute approximate surface area is 134 Å². The third-order valence-electron chi connectivity index (χ3n) is 4.03. The molecule has 2 aliphatic rings. The minimum Gasteiger partial charge on any atom is -0.291 e. The van der Waals surface area contributed by atoms with Crippen molar-refractivity contribution in [2.45, 2.75) is 32.1 Å². The van der Waals surface area contributed by atoms with Crippen molar-refractivity contribution in [3.05, 3.63) is 29.3 Å². The van der Waals surface area contributed by atoms with Gasteiger partial charge in [-0.3, -0.25) is 9.69 Å². The van der Waals surface area contributed by atoms with Crippen LogP contribution in [0.3, 0.4) is 0 Å². The Hall–Kier alpha value is -1.00. The molecule has 3 nitrogen and oxygen atoms in total. The van der Waals surface area contributed by atoms with E-state index in [0.29, 0.717) is 5.02 Å². The number of aliphatic imine (C=N–C) groups is 1. The molecule has 0 bridgehead atoms. The summed E-state index contributed by atoms with van der Waals surface area (Å²) in [6.45, 7) is 0.783. The van der Waals surface area contributed by atoms with E-state index in [0.717, 1.165) is 42.4 Å². The summed E-state index contributed by atoms with van der Waals surface area (Å²) in [5.74, 6) is 1.46. The van der Waals surface area contributed by atoms with Gasteiger partial charge in [-0.05, 0) is 31.4 Å². The van der Waals surface area contributed by atoms with Crippen LogP contribution >= 0.6 is 23.4 Å². The molecule has 1 aliphatic heterocycles. The van der Waals surface area contributed by atoms with Gasteiger partial charge >= 0.3 is 0 Å². The summed E-state index contributed by atoms with van der Waals surface area (Å²) in [4.78, 5) is 19.2. The lowest BCUT2D eigenvalue weighted by Gasteiger charge is -2.30. The monoisotopic (exact) mass is 322 g/mol. The molecule has 0 radical (unpaired) electrons. The number of amides is 1. The first kappa shape index (κ1) is 14.9. The van der Waals surface area contributed by atoms with Gasteiger partial charge in [0.2, 0.25) is 5.91 Å². The first-order chi connectivity index (χ1) is 10.3. The Bertz CT molecular complexity index is 555. The number of amidine groups is 1. The minimum atomic E-state index is 0.195. The molecule has 0 N–H and O–H groups in total. The van der Waals surface area contributed by atoms with Crippen LogP contribution in [0.4, 0.5) is 5.69 Å². The van der Waals surface area contributed by atoms with Gasteiger partial charge in [0.25, 0.3) is 0 Å². The summed E-state index contributed by atoms with van der Waals surface area (Å²) in [6, 6.07) is 7.53. The predicted octanol–water partition coefficient (Wildman–Crippen LogP) is 4.48. The number of carbonyl (C=O) groups is 1. The van der Waals surface area contributed by atoms with E-state index in [9.17, 15) is 4.79 Å². The van der Waals surface area contributed by atoms with Gasteiger partial charge in [0.05, 0.1) is 10.7 Å². The van der Waals surface area contributed by atoms with Gasteiger partial charge < -0.3 is 0 Å². The highest BCUT2D eigenvalue weighted by Crippen LogP contribution is 2.31. The van der Waals surface area contributed by atoms with Crippen LogP contribution in [0.15, 0.2) is 29.3 Å². The van der Waals surface area contributed by atoms with Gasteiger partial charge in [-0.1, -0.05) is 48.3 Å². The number of thioether (sulfide) groups is 1. The van der Waals surface area contributed by atoms with Crippen molar-refractivity contribution < 1.29 is 4.79 Å². The fourth-order valence-electron chi connectivity index (χ4n) is 2.90. The number of halogens is 1. The highest BCUT2D eigenvalue weighted by atomic mass is 35.5. The van der Waals surface area contributed by atoms with E-state index in [2.05, 4.69) is 4.99 Å². The number of hydrogen-bond donors (Lipinski definition) is 0. The van der Waals surface area contributed by atoms with Crippen LogP contribution in [0.1, 0.15) is 32.1 Å². The summed E-state index contributed by atoms with van der Waals surface area (Å²) in [5.41, 5.74) is 0.743. The number of benzene rings is 1. The number of para-hydroxylation sites is 1. The van der Waals surface area contributed by atoms with Crippen LogP contribution < -0.4 is 0 Å². The zero-order chi connectivity index (χ0) is 14.7. The summed E-state index contributed by atoms with van der Waals surface area (Å²) >= 11 is 7.84. The van der Waals surface area contributed by atoms with Gasteiger partial charge in [0, 0.05) is 18.2 Å². The number of hydrogen-bond acceptors (Lipinski definition) is 3. The molecule has 1 aliphatic carbocycles. The lowest BCUT2D eigenvalue weighted by molar-refractivity contribution is -0.131. The molecular formula is C16H19ClN2OS. The summed E-state index contributed by atoms with van der Waals surface area (Å²) in [7, 11) is 0. The van der Waals surface area contributed by atoms with Crippen molar-refractivity contribution in [3.63, 3.8) is 0 Å². The molecule has 1 amide bonds. The maximum Gasteiger partial charge on any atom is 0.231 e. The molecule has 5 heteroatoms. The molecule has 1 heterocycles. The van der Waals surface area contributed by atoms with Gasteiger partial charge in [-0.2, -0.15) is 0 Å². The lowest BCUT2D eigenvalue weighted by atomic mass is 10.1. The number of rotatable bonds is 2. The van der Waals surface area contributed by atoms with Crippen molar-refractivity contribution in [2.24, 2.45) is 10.9 Å². The van der Waals surface area contributed by atoms with Crippen molar-refractivity contribution in [2.75, 3.05) is 12.3 Å². The van der Waals surface area contributed by atoms with E-state index >= 15 is 0 Å². The van der Waals surface area contributed by atoms with Gasteiger partial charge in [0.15, 0.2) is 5.17 Å². The van der Waals surface area contributed by atoms with Crippen LogP contribution in [-0.2, 0) is 4.79 Å². The topological polar surface area (TPSA) is 32.7 Å². The third kappa shape index (κ3) is 3.43. The molecular weight excluding hydrogens is 304 g/mol. The standard InChI is InChI=1S/C16H19ClN2OS/c17-13-8-3-4-9-14(13)18-16-19(10-5-11-21-16)15(20)12-6-1-2-7-12/h3-4,8-9,12H,1-2,5-7,10-11H2. The lowest BCUT2D eigenvalue weighted by Crippen LogP contribution is -2.42. The highest BCUT2D eigenvalue weighted by Gasteiger charge is 2.31. The second-order valence-corrected chi connectivity index (χ2v) is 6.99. The normalized spacial score (nSPS) is 22.0. The van der Waals surface area contributed by atoms with Gasteiger partial charge in [0.1, 0.15) is 0 Å². The van der Waals surface area contributed by atoms with Crippen molar-refractivity contribution in [1.29, 1.82) is 0 Å². The number of carbonyl (C=O) groups excluding carboxylic acids is 1. The van der Waals surface area contributed by atoms with Crippen LogP contribution in [0, 0.1) is 5.92 Å². The Morgan fingerprint density at radius 3 is 2.76 bits per heavy atom. The second kappa shape index (κ2) is 6.84. The fraction of sp³-hybridized carbons (Fsp3) is 0.500. The largest absolute Gasteiger partial charge is 0.291 e. The molecule has 2 fully saturated rings. The van der Waals surface area contributed by atoms with E-state index in [-0.39, 0.29) is 11.8 Å². The van der Waals surface area contributed by atoms with E-state index in [4.69, 9.17) is 11.6 Å². The zero-order valence-electron chi connectivity index (χ0n) is 11.9. The van der Waals surface area contributed by atoms with Crippen molar-refractivity contribution in [3.8, 4) is 0 Å². The van der Waals surface area contributed by atoms with E-state index in [1.54, 1.807) is 11.8 Å². The average Bonchev–Trinajstić information content (AvgIpc) is 3.04. The predicted molar refractivity (Wildman–Crippen MR) is 89.3 cm³/mol. The molecule has 1 saturated heterocycles. The van der Waals surface area contributed by atoms with E-state index < -0.39 is 0 Å². The SMILES string of the molecule is O=C(C1CCCC1)N1CCCSC1=Nc1ccccc1Cl. The molecule has 1 aromatic rings. The first-order valence-corrected chi connectivity index (χ1v) is 8.89. The average molecular weight is 323 g/mol. The minimum absolute atomic E-state index is 0.195. The quantitative estimate of drug-likeness (QED) is 0.804. The first-order valence-electron chi connectivity index (χ1n) is 7.53. The van der Waals surface area contributed by atoms with Crippen molar-refractivity contribution in [1.82, 2.24) is 4.90 Å². The smallest absolute Gasteiger partial charge is 0.231 e.